The zero-order chi connectivity index (χ0) is 16.2. The Morgan fingerprint density at radius 2 is 2.04 bits per heavy atom. The van der Waals surface area contributed by atoms with E-state index in [1.54, 1.807) is 0 Å². The summed E-state index contributed by atoms with van der Waals surface area (Å²) in [4.78, 5) is 34.2. The van der Waals surface area contributed by atoms with Crippen LogP contribution >= 0.6 is 23.1 Å². The van der Waals surface area contributed by atoms with Crippen LogP contribution in [0.15, 0.2) is 57.9 Å². The average molecular weight is 344 g/mol. The lowest BCUT2D eigenvalue weighted by molar-refractivity contribution is -0.117. The molecule has 0 radical (unpaired) electrons. The Hall–Kier alpha value is -2.45. The van der Waals surface area contributed by atoms with Crippen LogP contribution in [0.2, 0.25) is 0 Å². The number of thiazole rings is 1. The molecule has 1 amide bonds. The third-order valence-electron chi connectivity index (χ3n) is 2.95. The minimum Gasteiger partial charge on any atom is -0.368 e. The first kappa shape index (κ1) is 15.4. The molecule has 1 aromatic carbocycles. The standard InChI is InChI=1S/C15H12N4O2S2/c16-13(21)12(23-15-17-7-6-11(20)19-15)14-18-10(8-22-14)9-4-2-1-3-5-9/h1-8,12H,(H2,16,21)(H,17,19,20). The van der Waals surface area contributed by atoms with Crippen LogP contribution in [0.3, 0.4) is 0 Å². The molecule has 23 heavy (non-hydrogen) atoms. The maximum atomic E-state index is 11.8. The summed E-state index contributed by atoms with van der Waals surface area (Å²) in [6.45, 7) is 0. The van der Waals surface area contributed by atoms with E-state index in [2.05, 4.69) is 15.0 Å². The van der Waals surface area contributed by atoms with Gasteiger partial charge in [-0.05, 0) is 0 Å². The molecule has 1 atom stereocenters. The molecule has 0 fully saturated rings. The molecule has 3 rings (SSSR count). The van der Waals surface area contributed by atoms with E-state index in [4.69, 9.17) is 5.73 Å². The summed E-state index contributed by atoms with van der Waals surface area (Å²) in [6, 6.07) is 11.0. The Morgan fingerprint density at radius 3 is 2.74 bits per heavy atom. The van der Waals surface area contributed by atoms with Gasteiger partial charge in [0.15, 0.2) is 5.16 Å². The van der Waals surface area contributed by atoms with Crippen LogP contribution in [0.1, 0.15) is 10.3 Å². The van der Waals surface area contributed by atoms with Gasteiger partial charge in [0, 0.05) is 23.2 Å². The van der Waals surface area contributed by atoms with E-state index in [9.17, 15) is 9.59 Å². The molecule has 1 unspecified atom stereocenters. The molecular formula is C15H12N4O2S2. The van der Waals surface area contributed by atoms with Gasteiger partial charge in [-0.2, -0.15) is 0 Å². The number of thioether (sulfide) groups is 1. The Morgan fingerprint density at radius 1 is 1.26 bits per heavy atom. The van der Waals surface area contributed by atoms with Crippen molar-refractivity contribution in [2.24, 2.45) is 5.73 Å². The van der Waals surface area contributed by atoms with Crippen molar-refractivity contribution in [3.05, 3.63) is 63.3 Å². The molecule has 3 aromatic rings. The fourth-order valence-corrected chi connectivity index (χ4v) is 3.80. The first-order valence-electron chi connectivity index (χ1n) is 6.65. The second-order valence-electron chi connectivity index (χ2n) is 4.58. The van der Waals surface area contributed by atoms with Crippen molar-refractivity contribution >= 4 is 29.0 Å². The van der Waals surface area contributed by atoms with E-state index in [1.807, 2.05) is 35.7 Å². The van der Waals surface area contributed by atoms with Crippen LogP contribution < -0.4 is 11.3 Å². The number of primary amides is 1. The SMILES string of the molecule is NC(=O)C(Sc1nccc(=O)[nH]1)c1nc(-c2ccccc2)cs1. The topological polar surface area (TPSA) is 102 Å². The fraction of sp³-hybridized carbons (Fsp3) is 0.0667. The number of amides is 1. The van der Waals surface area contributed by atoms with Gasteiger partial charge in [-0.25, -0.2) is 9.97 Å². The molecule has 3 N–H and O–H groups in total. The number of benzene rings is 1. The Kier molecular flexibility index (Phi) is 4.54. The van der Waals surface area contributed by atoms with E-state index in [1.165, 1.54) is 23.6 Å². The van der Waals surface area contributed by atoms with Gasteiger partial charge in [-0.3, -0.25) is 9.59 Å². The van der Waals surface area contributed by atoms with Gasteiger partial charge < -0.3 is 10.7 Å². The number of rotatable bonds is 5. The lowest BCUT2D eigenvalue weighted by atomic mass is 10.2. The largest absolute Gasteiger partial charge is 0.368 e. The van der Waals surface area contributed by atoms with Crippen molar-refractivity contribution in [3.8, 4) is 11.3 Å². The highest BCUT2D eigenvalue weighted by atomic mass is 32.2. The number of carbonyl (C=O) groups is 1. The van der Waals surface area contributed by atoms with Crippen LogP contribution in [-0.4, -0.2) is 20.9 Å². The minimum absolute atomic E-state index is 0.283. The van der Waals surface area contributed by atoms with E-state index in [0.717, 1.165) is 23.0 Å². The highest BCUT2D eigenvalue weighted by Crippen LogP contribution is 2.35. The van der Waals surface area contributed by atoms with E-state index < -0.39 is 11.2 Å². The number of aromatic amines is 1. The molecule has 0 bridgehead atoms. The van der Waals surface area contributed by atoms with Gasteiger partial charge in [0.05, 0.1) is 5.69 Å². The van der Waals surface area contributed by atoms with Crippen molar-refractivity contribution < 1.29 is 4.79 Å². The smallest absolute Gasteiger partial charge is 0.251 e. The third-order valence-corrected chi connectivity index (χ3v) is 5.13. The number of nitrogens with zero attached hydrogens (tertiary/aromatic N) is 2. The molecule has 2 aromatic heterocycles. The normalized spacial score (nSPS) is 12.0. The molecule has 8 heteroatoms. The van der Waals surface area contributed by atoms with Gasteiger partial charge in [-0.1, -0.05) is 42.1 Å². The van der Waals surface area contributed by atoms with E-state index >= 15 is 0 Å². The predicted octanol–water partition coefficient (Wildman–Crippen LogP) is 2.21. The van der Waals surface area contributed by atoms with Crippen LogP contribution in [0, 0.1) is 0 Å². The molecule has 116 valence electrons. The van der Waals surface area contributed by atoms with Gasteiger partial charge in [0.25, 0.3) is 5.56 Å². The maximum Gasteiger partial charge on any atom is 0.251 e. The summed E-state index contributed by atoms with van der Waals surface area (Å²) in [6.07, 6.45) is 1.39. The number of nitrogens with one attached hydrogen (secondary N) is 1. The monoisotopic (exact) mass is 344 g/mol. The maximum absolute atomic E-state index is 11.8. The van der Waals surface area contributed by atoms with Crippen molar-refractivity contribution in [1.82, 2.24) is 15.0 Å². The van der Waals surface area contributed by atoms with Crippen molar-refractivity contribution in [2.45, 2.75) is 10.4 Å². The highest BCUT2D eigenvalue weighted by Gasteiger charge is 2.24. The Bertz CT molecular complexity index is 876. The lowest BCUT2D eigenvalue weighted by Crippen LogP contribution is -2.19. The summed E-state index contributed by atoms with van der Waals surface area (Å²) >= 11 is 2.43. The summed E-state index contributed by atoms with van der Waals surface area (Å²) in [5, 5.41) is 2.08. The summed E-state index contributed by atoms with van der Waals surface area (Å²) in [7, 11) is 0. The molecule has 0 aliphatic rings. The van der Waals surface area contributed by atoms with Crippen molar-refractivity contribution in [3.63, 3.8) is 0 Å². The molecule has 0 saturated heterocycles. The number of nitrogens with two attached hydrogens (primary N) is 1. The Labute approximate surface area is 139 Å². The summed E-state index contributed by atoms with van der Waals surface area (Å²) in [5.74, 6) is -0.532. The number of carbonyl (C=O) groups excluding carboxylic acids is 1. The number of aromatic nitrogens is 3. The van der Waals surface area contributed by atoms with E-state index in [0.29, 0.717) is 10.2 Å². The molecule has 0 aliphatic heterocycles. The fourth-order valence-electron chi connectivity index (χ4n) is 1.90. The predicted molar refractivity (Wildman–Crippen MR) is 90.2 cm³/mol. The van der Waals surface area contributed by atoms with Crippen LogP contribution in [0.4, 0.5) is 0 Å². The molecule has 6 nitrogen and oxygen atoms in total. The average Bonchev–Trinajstić information content (AvgIpc) is 3.03. The quantitative estimate of drug-likeness (QED) is 0.546. The van der Waals surface area contributed by atoms with Crippen molar-refractivity contribution in [2.75, 3.05) is 0 Å². The number of hydrogen-bond acceptors (Lipinski definition) is 6. The second kappa shape index (κ2) is 6.76. The van der Waals surface area contributed by atoms with Gasteiger partial charge in [-0.15, -0.1) is 11.3 Å². The first-order chi connectivity index (χ1) is 11.1. The highest BCUT2D eigenvalue weighted by molar-refractivity contribution is 8.00. The third kappa shape index (κ3) is 3.66. The number of H-pyrrole nitrogens is 1. The molecule has 0 aliphatic carbocycles. The van der Waals surface area contributed by atoms with Crippen LogP contribution in [0.5, 0.6) is 0 Å². The number of hydrogen-bond donors (Lipinski definition) is 2. The van der Waals surface area contributed by atoms with Gasteiger partial charge >= 0.3 is 0 Å². The van der Waals surface area contributed by atoms with Crippen LogP contribution in [-0.2, 0) is 4.79 Å². The Balaban J connectivity index is 1.89. The molecule has 2 heterocycles. The minimum atomic E-state index is -0.706. The zero-order valence-corrected chi connectivity index (χ0v) is 13.4. The molecule has 0 spiro atoms. The first-order valence-corrected chi connectivity index (χ1v) is 8.41. The second-order valence-corrected chi connectivity index (χ2v) is 6.56. The van der Waals surface area contributed by atoms with Crippen LogP contribution in [0.25, 0.3) is 11.3 Å². The molecule has 0 saturated carbocycles. The van der Waals surface area contributed by atoms with Gasteiger partial charge in [0.2, 0.25) is 5.91 Å². The lowest BCUT2D eigenvalue weighted by Gasteiger charge is -2.08. The zero-order valence-electron chi connectivity index (χ0n) is 11.8. The molecular weight excluding hydrogens is 332 g/mol. The summed E-state index contributed by atoms with van der Waals surface area (Å²) < 4.78 is 0. The van der Waals surface area contributed by atoms with Gasteiger partial charge in [0.1, 0.15) is 10.3 Å². The summed E-state index contributed by atoms with van der Waals surface area (Å²) in [5.41, 5.74) is 6.96. The van der Waals surface area contributed by atoms with Crippen molar-refractivity contribution in [1.29, 1.82) is 0 Å². The van der Waals surface area contributed by atoms with E-state index in [-0.39, 0.29) is 5.56 Å².